The summed E-state index contributed by atoms with van der Waals surface area (Å²) in [4.78, 5) is 33.9. The molecule has 31 heavy (non-hydrogen) atoms. The molecule has 0 saturated heterocycles. The molecule has 0 saturated carbocycles. The summed E-state index contributed by atoms with van der Waals surface area (Å²) in [6.45, 7) is -0.315. The van der Waals surface area contributed by atoms with E-state index in [0.717, 1.165) is 22.3 Å². The van der Waals surface area contributed by atoms with Gasteiger partial charge in [0.2, 0.25) is 5.91 Å². The lowest BCUT2D eigenvalue weighted by Gasteiger charge is -2.14. The third kappa shape index (κ3) is 5.80. The number of amides is 2. The quantitative estimate of drug-likeness (QED) is 0.416. The molecule has 2 aromatic rings. The van der Waals surface area contributed by atoms with Gasteiger partial charge in [-0.1, -0.05) is 48.5 Å². The van der Waals surface area contributed by atoms with Crippen LogP contribution in [0.25, 0.3) is 11.1 Å². The molecule has 2 amide bonds. The third-order valence-electron chi connectivity index (χ3n) is 4.87. The SMILES string of the molecule is O=C(COCCNC(=O)OCC1c2ccccc2-c2ccccc21)NC[C@H](O)C(=O)O. The van der Waals surface area contributed by atoms with Crippen molar-refractivity contribution in [2.24, 2.45) is 0 Å². The molecule has 1 aliphatic rings. The number of ether oxygens (including phenoxy) is 2. The fourth-order valence-electron chi connectivity index (χ4n) is 3.39. The van der Waals surface area contributed by atoms with Crippen molar-refractivity contribution in [1.82, 2.24) is 10.6 Å². The molecule has 4 N–H and O–H groups in total. The number of carboxylic acid groups (broad SMARTS) is 1. The van der Waals surface area contributed by atoms with E-state index in [4.69, 9.17) is 19.7 Å². The molecule has 0 aliphatic heterocycles. The van der Waals surface area contributed by atoms with Gasteiger partial charge in [0.25, 0.3) is 0 Å². The summed E-state index contributed by atoms with van der Waals surface area (Å²) >= 11 is 0. The number of fused-ring (bicyclic) bond motifs is 3. The van der Waals surface area contributed by atoms with E-state index < -0.39 is 30.6 Å². The van der Waals surface area contributed by atoms with Gasteiger partial charge in [0.15, 0.2) is 6.10 Å². The Morgan fingerprint density at radius 1 is 0.968 bits per heavy atom. The van der Waals surface area contributed by atoms with Crippen molar-refractivity contribution in [3.63, 3.8) is 0 Å². The van der Waals surface area contributed by atoms with Crippen LogP contribution in [-0.2, 0) is 19.1 Å². The minimum absolute atomic E-state index is 0.0285. The lowest BCUT2D eigenvalue weighted by molar-refractivity contribution is -0.146. The van der Waals surface area contributed by atoms with Crippen molar-refractivity contribution in [2.45, 2.75) is 12.0 Å². The van der Waals surface area contributed by atoms with Gasteiger partial charge >= 0.3 is 12.1 Å². The van der Waals surface area contributed by atoms with Crippen molar-refractivity contribution in [2.75, 3.05) is 32.9 Å². The molecule has 0 bridgehead atoms. The zero-order valence-electron chi connectivity index (χ0n) is 16.7. The van der Waals surface area contributed by atoms with Gasteiger partial charge in [-0.25, -0.2) is 9.59 Å². The van der Waals surface area contributed by atoms with Gasteiger partial charge in [-0.2, -0.15) is 0 Å². The van der Waals surface area contributed by atoms with Crippen molar-refractivity contribution in [1.29, 1.82) is 0 Å². The van der Waals surface area contributed by atoms with Crippen molar-refractivity contribution in [3.8, 4) is 11.1 Å². The number of alkyl carbamates (subject to hydrolysis) is 1. The van der Waals surface area contributed by atoms with Crippen LogP contribution in [0, 0.1) is 0 Å². The Balaban J connectivity index is 1.36. The first-order valence-corrected chi connectivity index (χ1v) is 9.81. The number of aliphatic hydroxyl groups excluding tert-OH is 1. The maximum absolute atomic E-state index is 12.0. The number of benzene rings is 2. The van der Waals surface area contributed by atoms with Gasteiger partial charge in [-0.05, 0) is 22.3 Å². The molecule has 0 aromatic heterocycles. The average Bonchev–Trinajstić information content (AvgIpc) is 3.09. The fraction of sp³-hybridized carbons (Fsp3) is 0.318. The minimum Gasteiger partial charge on any atom is -0.479 e. The number of aliphatic hydroxyl groups is 1. The Labute approximate surface area is 179 Å². The molecule has 1 atom stereocenters. The summed E-state index contributed by atoms with van der Waals surface area (Å²) in [6, 6.07) is 16.1. The van der Waals surface area contributed by atoms with Crippen LogP contribution < -0.4 is 10.6 Å². The monoisotopic (exact) mass is 428 g/mol. The summed E-state index contributed by atoms with van der Waals surface area (Å²) in [6.07, 6.45) is -2.25. The van der Waals surface area contributed by atoms with Crippen LogP contribution in [0.4, 0.5) is 4.79 Å². The summed E-state index contributed by atoms with van der Waals surface area (Å²) < 4.78 is 10.5. The topological polar surface area (TPSA) is 134 Å². The number of aliphatic carboxylic acids is 1. The molecule has 0 unspecified atom stereocenters. The number of rotatable bonds is 10. The highest BCUT2D eigenvalue weighted by atomic mass is 16.5. The Morgan fingerprint density at radius 3 is 2.19 bits per heavy atom. The summed E-state index contributed by atoms with van der Waals surface area (Å²) in [5.74, 6) is -2.02. The number of hydrogen-bond donors (Lipinski definition) is 4. The zero-order chi connectivity index (χ0) is 22.2. The number of carbonyl (C=O) groups excluding carboxylic acids is 2. The molecule has 0 fully saturated rings. The predicted molar refractivity (Wildman–Crippen MR) is 111 cm³/mol. The van der Waals surface area contributed by atoms with Crippen LogP contribution >= 0.6 is 0 Å². The van der Waals surface area contributed by atoms with Gasteiger partial charge < -0.3 is 30.3 Å². The Bertz CT molecular complexity index is 901. The second kappa shape index (κ2) is 10.6. The van der Waals surface area contributed by atoms with Crippen molar-refractivity contribution in [3.05, 3.63) is 59.7 Å². The molecule has 3 rings (SSSR count). The third-order valence-corrected chi connectivity index (χ3v) is 4.87. The van der Waals surface area contributed by atoms with E-state index in [1.54, 1.807) is 0 Å². The van der Waals surface area contributed by atoms with Crippen LogP contribution in [0.2, 0.25) is 0 Å². The Kier molecular flexibility index (Phi) is 7.58. The van der Waals surface area contributed by atoms with E-state index in [1.807, 2.05) is 36.4 Å². The number of hydrogen-bond acceptors (Lipinski definition) is 6. The maximum Gasteiger partial charge on any atom is 0.407 e. The molecule has 0 radical (unpaired) electrons. The second-order valence-corrected chi connectivity index (χ2v) is 6.96. The lowest BCUT2D eigenvalue weighted by atomic mass is 9.98. The molecular formula is C22H24N2O7. The molecule has 0 heterocycles. The van der Waals surface area contributed by atoms with Crippen LogP contribution in [0.5, 0.6) is 0 Å². The molecule has 164 valence electrons. The van der Waals surface area contributed by atoms with Gasteiger partial charge in [-0.15, -0.1) is 0 Å². The van der Waals surface area contributed by atoms with E-state index in [0.29, 0.717) is 0 Å². The highest BCUT2D eigenvalue weighted by Crippen LogP contribution is 2.44. The van der Waals surface area contributed by atoms with E-state index in [2.05, 4.69) is 22.8 Å². The Morgan fingerprint density at radius 2 is 1.58 bits per heavy atom. The van der Waals surface area contributed by atoms with Crippen molar-refractivity contribution < 1.29 is 34.1 Å². The van der Waals surface area contributed by atoms with E-state index in [1.165, 1.54) is 0 Å². The highest BCUT2D eigenvalue weighted by molar-refractivity contribution is 5.79. The number of carboxylic acids is 1. The second-order valence-electron chi connectivity index (χ2n) is 6.96. The average molecular weight is 428 g/mol. The van der Waals surface area contributed by atoms with Gasteiger partial charge in [0, 0.05) is 12.5 Å². The largest absolute Gasteiger partial charge is 0.479 e. The minimum atomic E-state index is -1.67. The zero-order valence-corrected chi connectivity index (χ0v) is 16.7. The molecule has 9 nitrogen and oxygen atoms in total. The molecule has 1 aliphatic carbocycles. The van der Waals surface area contributed by atoms with Crippen LogP contribution in [0.1, 0.15) is 17.0 Å². The smallest absolute Gasteiger partial charge is 0.407 e. The molecule has 9 heteroatoms. The normalized spacial score (nSPS) is 13.1. The van der Waals surface area contributed by atoms with E-state index in [-0.39, 0.29) is 32.3 Å². The summed E-state index contributed by atoms with van der Waals surface area (Å²) in [5.41, 5.74) is 4.54. The first-order valence-electron chi connectivity index (χ1n) is 9.81. The van der Waals surface area contributed by atoms with Crippen LogP contribution in [-0.4, -0.2) is 67.2 Å². The fourth-order valence-corrected chi connectivity index (χ4v) is 3.39. The Hall–Kier alpha value is -3.43. The van der Waals surface area contributed by atoms with Crippen molar-refractivity contribution >= 4 is 18.0 Å². The summed E-state index contributed by atoms with van der Waals surface area (Å²) in [5, 5.41) is 22.4. The number of nitrogens with one attached hydrogen (secondary N) is 2. The van der Waals surface area contributed by atoms with Crippen LogP contribution in [0.15, 0.2) is 48.5 Å². The predicted octanol–water partition coefficient (Wildman–Crippen LogP) is 1.10. The first kappa shape index (κ1) is 22.3. The molecular weight excluding hydrogens is 404 g/mol. The van der Waals surface area contributed by atoms with Gasteiger partial charge in [-0.3, -0.25) is 4.79 Å². The van der Waals surface area contributed by atoms with Gasteiger partial charge in [0.1, 0.15) is 13.2 Å². The molecule has 0 spiro atoms. The summed E-state index contributed by atoms with van der Waals surface area (Å²) in [7, 11) is 0. The van der Waals surface area contributed by atoms with E-state index >= 15 is 0 Å². The van der Waals surface area contributed by atoms with Gasteiger partial charge in [0.05, 0.1) is 13.2 Å². The standard InChI is InChI=1S/C22H24N2O7/c25-19(21(27)28)11-24-20(26)13-30-10-9-23-22(29)31-12-18-16-7-3-1-5-14(16)15-6-2-4-8-17(15)18/h1-8,18-19,25H,9-13H2,(H,23,29)(H,24,26)(H,27,28)/t19-/m0/s1. The van der Waals surface area contributed by atoms with Crippen LogP contribution in [0.3, 0.4) is 0 Å². The number of carbonyl (C=O) groups is 3. The lowest BCUT2D eigenvalue weighted by Crippen LogP contribution is -2.38. The first-order chi connectivity index (χ1) is 15.0. The maximum atomic E-state index is 12.0. The highest BCUT2D eigenvalue weighted by Gasteiger charge is 2.28. The van der Waals surface area contributed by atoms with E-state index in [9.17, 15) is 14.4 Å². The molecule has 2 aromatic carbocycles.